The van der Waals surface area contributed by atoms with E-state index in [2.05, 4.69) is 15.5 Å². The van der Waals surface area contributed by atoms with E-state index in [1.54, 1.807) is 53.1 Å². The average Bonchev–Trinajstić information content (AvgIpc) is 3.56. The van der Waals surface area contributed by atoms with E-state index < -0.39 is 53.6 Å². The molecule has 1 saturated heterocycles. The first-order chi connectivity index (χ1) is 20.7. The molecule has 3 aromatic rings. The van der Waals surface area contributed by atoms with Gasteiger partial charge in [-0.1, -0.05) is 47.7 Å². The first kappa shape index (κ1) is 32.6. The molecular weight excluding hydrogens is 591 g/mol. The molecule has 0 aliphatic carbocycles. The smallest absolute Gasteiger partial charge is 0.444 e. The predicted molar refractivity (Wildman–Crippen MR) is 160 cm³/mol. The van der Waals surface area contributed by atoms with E-state index in [1.165, 1.54) is 34.4 Å². The summed E-state index contributed by atoms with van der Waals surface area (Å²) in [6.07, 6.45) is -4.38. The van der Waals surface area contributed by atoms with Gasteiger partial charge in [-0.15, -0.1) is 10.2 Å². The molecule has 2 aromatic carbocycles. The molecule has 1 aliphatic heterocycles. The van der Waals surface area contributed by atoms with Gasteiger partial charge >= 0.3 is 18.3 Å². The summed E-state index contributed by atoms with van der Waals surface area (Å²) >= 11 is 1.41. The van der Waals surface area contributed by atoms with E-state index in [1.807, 2.05) is 24.3 Å². The van der Waals surface area contributed by atoms with Crippen molar-refractivity contribution in [1.82, 2.24) is 20.4 Å². The molecule has 1 N–H and O–H groups in total. The summed E-state index contributed by atoms with van der Waals surface area (Å²) in [7, 11) is 0. The van der Waals surface area contributed by atoms with Crippen molar-refractivity contribution in [1.29, 1.82) is 0 Å². The van der Waals surface area contributed by atoms with Crippen LogP contribution in [0.4, 0.5) is 18.8 Å². The fourth-order valence-corrected chi connectivity index (χ4v) is 5.14. The monoisotopic (exact) mass is 628 g/mol. The third-order valence-electron chi connectivity index (χ3n) is 6.36. The van der Waals surface area contributed by atoms with Crippen LogP contribution >= 0.6 is 11.3 Å². The normalized spacial score (nSPS) is 18.4. The van der Waals surface area contributed by atoms with Crippen molar-refractivity contribution >= 4 is 29.7 Å². The number of nitrogens with one attached hydrogen (secondary N) is 1. The lowest BCUT2D eigenvalue weighted by Crippen LogP contribution is -2.46. The maximum absolute atomic E-state index is 13.6. The zero-order valence-electron chi connectivity index (χ0n) is 25.5. The highest BCUT2D eigenvalue weighted by Crippen LogP contribution is 2.31. The van der Waals surface area contributed by atoms with Crippen molar-refractivity contribution in [2.75, 3.05) is 6.54 Å². The van der Waals surface area contributed by atoms with Crippen molar-refractivity contribution in [3.05, 3.63) is 71.0 Å². The number of hydrogen-bond acceptors (Lipinski definition) is 10. The standard InChI is InChI=1S/C31H37FN4O7S/c1-30(2,3)42-28(38)36-17-24(40-29(39)43-31(4,5)6)25(41-27(37)33-16-20-8-7-9-22(32)14-20)23(36)15-19-10-12-21(13-11-19)26-35-34-18-44-26/h7-14,18,23-25H,15-17H2,1-6H3,(H,33,37)/t23-,24+,25+/m1/s1. The van der Waals surface area contributed by atoms with Crippen LogP contribution in [0.15, 0.2) is 54.0 Å². The average molecular weight is 629 g/mol. The Balaban J connectivity index is 1.61. The second-order valence-electron chi connectivity index (χ2n) is 12.3. The van der Waals surface area contributed by atoms with Crippen LogP contribution in [0.2, 0.25) is 0 Å². The fraction of sp³-hybridized carbons (Fsp3) is 0.452. The molecule has 4 rings (SSSR count). The second kappa shape index (κ2) is 13.6. The molecule has 0 saturated carbocycles. The highest BCUT2D eigenvalue weighted by atomic mass is 32.1. The molecule has 0 radical (unpaired) electrons. The van der Waals surface area contributed by atoms with Crippen molar-refractivity contribution < 1.29 is 37.7 Å². The van der Waals surface area contributed by atoms with Gasteiger partial charge in [-0.3, -0.25) is 4.90 Å². The molecule has 1 aromatic heterocycles. The summed E-state index contributed by atoms with van der Waals surface area (Å²) in [6, 6.07) is 12.6. The SMILES string of the molecule is CC(C)(C)OC(=O)O[C@H]1CN(C(=O)OC(C)(C)C)[C@H](Cc2ccc(-c3nncs3)cc2)[C@@H]1OC(=O)NCc1cccc(F)c1. The highest BCUT2D eigenvalue weighted by molar-refractivity contribution is 7.12. The Morgan fingerprint density at radius 1 is 0.977 bits per heavy atom. The van der Waals surface area contributed by atoms with E-state index in [4.69, 9.17) is 18.9 Å². The maximum atomic E-state index is 13.6. The number of likely N-dealkylation sites (tertiary alicyclic amines) is 1. The number of amides is 2. The molecule has 2 heterocycles. The lowest BCUT2D eigenvalue weighted by molar-refractivity contribution is -0.0518. The molecule has 236 valence electrons. The molecular formula is C31H37FN4O7S. The summed E-state index contributed by atoms with van der Waals surface area (Å²) < 4.78 is 36.2. The minimum Gasteiger partial charge on any atom is -0.444 e. The van der Waals surface area contributed by atoms with Gasteiger partial charge in [0.05, 0.1) is 12.6 Å². The van der Waals surface area contributed by atoms with Crippen LogP contribution in [0.3, 0.4) is 0 Å². The topological polar surface area (TPSA) is 129 Å². The number of nitrogens with zero attached hydrogens (tertiary/aromatic N) is 3. The number of benzene rings is 2. The van der Waals surface area contributed by atoms with Gasteiger partial charge in [0.2, 0.25) is 0 Å². The zero-order chi connectivity index (χ0) is 32.1. The summed E-state index contributed by atoms with van der Waals surface area (Å²) in [6.45, 7) is 10.2. The zero-order valence-corrected chi connectivity index (χ0v) is 26.4. The van der Waals surface area contributed by atoms with Crippen molar-refractivity contribution in [2.24, 2.45) is 0 Å². The van der Waals surface area contributed by atoms with Gasteiger partial charge in [0.15, 0.2) is 12.2 Å². The van der Waals surface area contributed by atoms with Crippen molar-refractivity contribution in [3.8, 4) is 10.6 Å². The molecule has 1 aliphatic rings. The third kappa shape index (κ3) is 9.37. The molecule has 44 heavy (non-hydrogen) atoms. The van der Waals surface area contributed by atoms with E-state index in [9.17, 15) is 18.8 Å². The Labute approximate surface area is 259 Å². The molecule has 11 nitrogen and oxygen atoms in total. The molecule has 3 atom stereocenters. The van der Waals surface area contributed by atoms with Crippen LogP contribution in [0, 0.1) is 5.82 Å². The lowest BCUT2D eigenvalue weighted by atomic mass is 10.00. The van der Waals surface area contributed by atoms with Crippen molar-refractivity contribution in [3.63, 3.8) is 0 Å². The van der Waals surface area contributed by atoms with Gasteiger partial charge in [0, 0.05) is 12.1 Å². The van der Waals surface area contributed by atoms with Crippen LogP contribution in [0.5, 0.6) is 0 Å². The molecule has 13 heteroatoms. The number of alkyl carbamates (subject to hydrolysis) is 1. The number of hydrogen-bond donors (Lipinski definition) is 1. The summed E-state index contributed by atoms with van der Waals surface area (Å²) in [5, 5.41) is 11.3. The van der Waals surface area contributed by atoms with Gasteiger partial charge in [-0.05, 0) is 71.2 Å². The van der Waals surface area contributed by atoms with Gasteiger partial charge in [0.25, 0.3) is 0 Å². The predicted octanol–water partition coefficient (Wildman–Crippen LogP) is 6.12. The third-order valence-corrected chi connectivity index (χ3v) is 7.10. The minimum atomic E-state index is -1.09. The second-order valence-corrected chi connectivity index (χ2v) is 13.2. The van der Waals surface area contributed by atoms with Crippen molar-refractivity contribution in [2.45, 2.75) is 84.0 Å². The molecule has 0 bridgehead atoms. The largest absolute Gasteiger partial charge is 0.509 e. The van der Waals surface area contributed by atoms with Crippen LogP contribution < -0.4 is 5.32 Å². The number of carbonyl (C=O) groups excluding carboxylic acids is 3. The first-order valence-corrected chi connectivity index (χ1v) is 15.0. The Kier molecular flexibility index (Phi) is 10.1. The molecule has 2 amide bonds. The van der Waals surface area contributed by atoms with Crippen LogP contribution in [0.1, 0.15) is 52.7 Å². The highest BCUT2D eigenvalue weighted by Gasteiger charge is 2.50. The van der Waals surface area contributed by atoms with Gasteiger partial charge in [-0.2, -0.15) is 0 Å². The molecule has 0 unspecified atom stereocenters. The quantitative estimate of drug-likeness (QED) is 0.243. The number of carbonyl (C=O) groups is 3. The Hall–Kier alpha value is -4.26. The van der Waals surface area contributed by atoms with E-state index >= 15 is 0 Å². The van der Waals surface area contributed by atoms with Gasteiger partial charge in [-0.25, -0.2) is 18.8 Å². The first-order valence-electron chi connectivity index (χ1n) is 14.1. The number of aromatic nitrogens is 2. The molecule has 0 spiro atoms. The summed E-state index contributed by atoms with van der Waals surface area (Å²) in [5.41, 5.74) is 2.22. The summed E-state index contributed by atoms with van der Waals surface area (Å²) in [5.74, 6) is -0.440. The Morgan fingerprint density at radius 3 is 2.30 bits per heavy atom. The van der Waals surface area contributed by atoms with Crippen LogP contribution in [0.25, 0.3) is 10.6 Å². The Bertz CT molecular complexity index is 1440. The lowest BCUT2D eigenvalue weighted by Gasteiger charge is -2.30. The van der Waals surface area contributed by atoms with Gasteiger partial charge < -0.3 is 24.3 Å². The minimum absolute atomic E-state index is 0.00553. The van der Waals surface area contributed by atoms with E-state index in [0.717, 1.165) is 16.1 Å². The number of ether oxygens (including phenoxy) is 4. The van der Waals surface area contributed by atoms with Gasteiger partial charge in [0.1, 0.15) is 27.5 Å². The van der Waals surface area contributed by atoms with E-state index in [0.29, 0.717) is 5.56 Å². The number of rotatable bonds is 7. The van der Waals surface area contributed by atoms with Crippen LogP contribution in [-0.4, -0.2) is 69.4 Å². The fourth-order valence-electron chi connectivity index (χ4n) is 4.58. The summed E-state index contributed by atoms with van der Waals surface area (Å²) in [4.78, 5) is 40.6. The van der Waals surface area contributed by atoms with Crippen LogP contribution in [-0.2, 0) is 31.9 Å². The van der Waals surface area contributed by atoms with E-state index in [-0.39, 0.29) is 19.5 Å². The number of halogens is 1. The Morgan fingerprint density at radius 2 is 1.68 bits per heavy atom. The molecule has 1 fully saturated rings. The maximum Gasteiger partial charge on any atom is 0.509 e.